The van der Waals surface area contributed by atoms with Crippen LogP contribution < -0.4 is 5.32 Å². The lowest BCUT2D eigenvalue weighted by atomic mass is 9.81. The maximum absolute atomic E-state index is 12.3. The predicted molar refractivity (Wildman–Crippen MR) is 79.6 cm³/mol. The molecule has 1 saturated heterocycles. The highest BCUT2D eigenvalue weighted by Crippen LogP contribution is 2.48. The van der Waals surface area contributed by atoms with E-state index in [4.69, 9.17) is 0 Å². The average Bonchev–Trinajstić information content (AvgIpc) is 2.97. The van der Waals surface area contributed by atoms with E-state index >= 15 is 0 Å². The number of urea groups is 1. The molecule has 124 valence electrons. The Balaban J connectivity index is 1.35. The van der Waals surface area contributed by atoms with Gasteiger partial charge in [-0.25, -0.2) is 9.78 Å². The number of hydrogen-bond donors (Lipinski definition) is 3. The monoisotopic (exact) mass is 319 g/mol. The molecule has 0 spiro atoms. The fraction of sp³-hybridized carbons (Fsp3) is 0.733. The van der Waals surface area contributed by atoms with Crippen molar-refractivity contribution in [2.75, 3.05) is 13.1 Å². The van der Waals surface area contributed by atoms with Gasteiger partial charge in [0.05, 0.1) is 12.0 Å². The third kappa shape index (κ3) is 2.46. The molecule has 2 atom stereocenters. The van der Waals surface area contributed by atoms with Crippen LogP contribution in [0.4, 0.5) is 4.79 Å². The molecule has 8 heteroatoms. The van der Waals surface area contributed by atoms with E-state index in [1.807, 2.05) is 0 Å². The van der Waals surface area contributed by atoms with Crippen LogP contribution >= 0.6 is 0 Å². The van der Waals surface area contributed by atoms with Crippen molar-refractivity contribution in [2.24, 2.45) is 11.3 Å². The van der Waals surface area contributed by atoms with E-state index in [0.717, 1.165) is 31.5 Å². The number of carbonyl (C=O) groups is 2. The van der Waals surface area contributed by atoms with Gasteiger partial charge < -0.3 is 15.3 Å². The number of hydrogen-bond acceptors (Lipinski definition) is 4. The molecule has 2 heterocycles. The number of carbonyl (C=O) groups excluding carboxylic acids is 1. The second-order valence-electron chi connectivity index (χ2n) is 7.00. The largest absolute Gasteiger partial charge is 0.481 e. The SMILES string of the molecule is O=C(NCc1nc(C2CC2)n[nH]1)N1C[C@@H]2CCC[C@@]2(C(=O)O)C1. The lowest BCUT2D eigenvalue weighted by Crippen LogP contribution is -2.41. The Morgan fingerprint density at radius 1 is 1.39 bits per heavy atom. The number of carboxylic acids is 1. The highest BCUT2D eigenvalue weighted by atomic mass is 16.4. The number of rotatable bonds is 4. The number of nitrogens with one attached hydrogen (secondary N) is 2. The van der Waals surface area contributed by atoms with Gasteiger partial charge in [-0.1, -0.05) is 6.42 Å². The summed E-state index contributed by atoms with van der Waals surface area (Å²) < 4.78 is 0. The number of fused-ring (bicyclic) bond motifs is 1. The summed E-state index contributed by atoms with van der Waals surface area (Å²) in [5, 5.41) is 19.4. The number of aliphatic carboxylic acids is 1. The number of aromatic nitrogens is 3. The maximum Gasteiger partial charge on any atom is 0.317 e. The number of nitrogens with zero attached hydrogens (tertiary/aromatic N) is 3. The lowest BCUT2D eigenvalue weighted by molar-refractivity contribution is -0.149. The second-order valence-corrected chi connectivity index (χ2v) is 7.00. The molecule has 23 heavy (non-hydrogen) atoms. The van der Waals surface area contributed by atoms with Gasteiger partial charge in [-0.3, -0.25) is 9.89 Å². The zero-order chi connectivity index (χ0) is 16.0. The van der Waals surface area contributed by atoms with Gasteiger partial charge in [0.2, 0.25) is 0 Å². The van der Waals surface area contributed by atoms with E-state index in [1.165, 1.54) is 0 Å². The van der Waals surface area contributed by atoms with Crippen LogP contribution in [-0.2, 0) is 11.3 Å². The molecule has 3 fully saturated rings. The molecular weight excluding hydrogens is 298 g/mol. The molecule has 1 aromatic heterocycles. The maximum atomic E-state index is 12.3. The smallest absolute Gasteiger partial charge is 0.317 e. The number of carboxylic acid groups (broad SMARTS) is 1. The zero-order valence-corrected chi connectivity index (χ0v) is 12.9. The first-order valence-corrected chi connectivity index (χ1v) is 8.26. The highest BCUT2D eigenvalue weighted by Gasteiger charge is 2.55. The van der Waals surface area contributed by atoms with Crippen LogP contribution in [0.5, 0.6) is 0 Å². The van der Waals surface area contributed by atoms with E-state index < -0.39 is 11.4 Å². The summed E-state index contributed by atoms with van der Waals surface area (Å²) in [6.07, 6.45) is 4.77. The molecule has 8 nitrogen and oxygen atoms in total. The molecule has 1 aliphatic heterocycles. The van der Waals surface area contributed by atoms with Crippen molar-refractivity contribution in [1.29, 1.82) is 0 Å². The Morgan fingerprint density at radius 2 is 2.22 bits per heavy atom. The number of H-pyrrole nitrogens is 1. The van der Waals surface area contributed by atoms with Crippen LogP contribution in [0.1, 0.15) is 49.7 Å². The molecule has 3 N–H and O–H groups in total. The number of amides is 2. The molecule has 0 aromatic carbocycles. The minimum atomic E-state index is -0.764. The zero-order valence-electron chi connectivity index (χ0n) is 12.9. The second kappa shape index (κ2) is 5.21. The van der Waals surface area contributed by atoms with Gasteiger partial charge in [0.1, 0.15) is 5.82 Å². The first kappa shape index (κ1) is 14.5. The Morgan fingerprint density at radius 3 is 2.91 bits per heavy atom. The Hall–Kier alpha value is -2.12. The van der Waals surface area contributed by atoms with Gasteiger partial charge in [0.25, 0.3) is 0 Å². The summed E-state index contributed by atoms with van der Waals surface area (Å²) >= 11 is 0. The summed E-state index contributed by atoms with van der Waals surface area (Å²) in [7, 11) is 0. The fourth-order valence-electron chi connectivity index (χ4n) is 3.98. The Bertz CT molecular complexity index is 641. The molecule has 4 rings (SSSR count). The molecule has 2 amide bonds. The van der Waals surface area contributed by atoms with Crippen molar-refractivity contribution in [2.45, 2.75) is 44.6 Å². The molecule has 2 aliphatic carbocycles. The summed E-state index contributed by atoms with van der Waals surface area (Å²) in [4.78, 5) is 30.0. The number of likely N-dealkylation sites (tertiary alicyclic amines) is 1. The topological polar surface area (TPSA) is 111 Å². The molecular formula is C15H21N5O3. The molecule has 2 saturated carbocycles. The highest BCUT2D eigenvalue weighted by molar-refractivity contribution is 5.80. The predicted octanol–water partition coefficient (Wildman–Crippen LogP) is 1.08. The van der Waals surface area contributed by atoms with Gasteiger partial charge in [-0.15, -0.1) is 0 Å². The van der Waals surface area contributed by atoms with Crippen LogP contribution in [-0.4, -0.2) is 50.3 Å². The Labute approximate surface area is 133 Å². The summed E-state index contributed by atoms with van der Waals surface area (Å²) in [6, 6.07) is -0.218. The summed E-state index contributed by atoms with van der Waals surface area (Å²) in [5.74, 6) is 1.27. The Kier molecular flexibility index (Phi) is 3.28. The first-order chi connectivity index (χ1) is 11.1. The van der Waals surface area contributed by atoms with E-state index in [-0.39, 0.29) is 11.9 Å². The first-order valence-electron chi connectivity index (χ1n) is 8.26. The molecule has 0 unspecified atom stereocenters. The van der Waals surface area contributed by atoms with Gasteiger partial charge in [-0.2, -0.15) is 5.10 Å². The van der Waals surface area contributed by atoms with Crippen molar-refractivity contribution in [3.63, 3.8) is 0 Å². The standard InChI is InChI=1S/C15H21N5O3/c21-13(22)15-5-1-2-10(15)7-20(8-15)14(23)16-6-11-17-12(19-18-11)9-3-4-9/h9-10H,1-8H2,(H,16,23)(H,21,22)(H,17,18,19)/t10-,15+/m0/s1. The molecule has 1 aromatic rings. The summed E-state index contributed by atoms with van der Waals surface area (Å²) in [5.41, 5.74) is -0.733. The fourth-order valence-corrected chi connectivity index (χ4v) is 3.98. The van der Waals surface area contributed by atoms with Crippen molar-refractivity contribution in [3.8, 4) is 0 Å². The van der Waals surface area contributed by atoms with Crippen LogP contribution in [0.2, 0.25) is 0 Å². The normalized spacial score (nSPS) is 29.6. The average molecular weight is 319 g/mol. The lowest BCUT2D eigenvalue weighted by Gasteiger charge is -2.23. The van der Waals surface area contributed by atoms with E-state index in [2.05, 4.69) is 20.5 Å². The van der Waals surface area contributed by atoms with Crippen LogP contribution in [0.3, 0.4) is 0 Å². The van der Waals surface area contributed by atoms with Crippen LogP contribution in [0.25, 0.3) is 0 Å². The minimum absolute atomic E-state index is 0.0810. The third-order valence-electron chi connectivity index (χ3n) is 5.48. The van der Waals surface area contributed by atoms with E-state index in [0.29, 0.717) is 37.8 Å². The quantitative estimate of drug-likeness (QED) is 0.769. The van der Waals surface area contributed by atoms with Gasteiger partial charge in [0, 0.05) is 19.0 Å². The van der Waals surface area contributed by atoms with Gasteiger partial charge in [-0.05, 0) is 31.6 Å². The third-order valence-corrected chi connectivity index (χ3v) is 5.48. The van der Waals surface area contributed by atoms with Crippen molar-refractivity contribution >= 4 is 12.0 Å². The van der Waals surface area contributed by atoms with Gasteiger partial charge in [0.15, 0.2) is 5.82 Å². The van der Waals surface area contributed by atoms with Crippen molar-refractivity contribution < 1.29 is 14.7 Å². The van der Waals surface area contributed by atoms with Crippen molar-refractivity contribution in [1.82, 2.24) is 25.4 Å². The summed E-state index contributed by atoms with van der Waals surface area (Å²) in [6.45, 7) is 1.13. The molecule has 3 aliphatic rings. The van der Waals surface area contributed by atoms with Crippen LogP contribution in [0.15, 0.2) is 0 Å². The van der Waals surface area contributed by atoms with E-state index in [9.17, 15) is 14.7 Å². The van der Waals surface area contributed by atoms with Crippen LogP contribution in [0, 0.1) is 11.3 Å². The van der Waals surface area contributed by atoms with E-state index in [1.54, 1.807) is 4.90 Å². The van der Waals surface area contributed by atoms with Gasteiger partial charge >= 0.3 is 12.0 Å². The molecule has 0 bridgehead atoms. The van der Waals surface area contributed by atoms with Crippen molar-refractivity contribution in [3.05, 3.63) is 11.6 Å². The minimum Gasteiger partial charge on any atom is -0.481 e. The number of aromatic amines is 1. The molecule has 0 radical (unpaired) electrons.